The van der Waals surface area contributed by atoms with Gasteiger partial charge in [0.2, 0.25) is 0 Å². The van der Waals surface area contributed by atoms with Gasteiger partial charge in [-0.3, -0.25) is 0 Å². The van der Waals surface area contributed by atoms with Gasteiger partial charge in [-0.15, -0.1) is 0 Å². The van der Waals surface area contributed by atoms with Crippen LogP contribution in [0.2, 0.25) is 0 Å². The van der Waals surface area contributed by atoms with Crippen LogP contribution in [0.3, 0.4) is 0 Å². The minimum absolute atomic E-state index is 0. The summed E-state index contributed by atoms with van der Waals surface area (Å²) in [5.74, 6) is 0. The van der Waals surface area contributed by atoms with Crippen molar-refractivity contribution in [3.63, 3.8) is 0 Å². The van der Waals surface area contributed by atoms with Crippen molar-refractivity contribution in [2.45, 2.75) is 4.90 Å². The first-order valence-electron chi connectivity index (χ1n) is 9.31. The summed E-state index contributed by atoms with van der Waals surface area (Å²) in [6.45, 7) is 0. The SMILES string of the molecule is O=S(=O)([O-])c1ccc2cc3nc(-c4ccccc4)c(-c4ccccc4)nc3cc2c1.[Na+]. The van der Waals surface area contributed by atoms with Gasteiger partial charge in [0.05, 0.1) is 27.3 Å². The van der Waals surface area contributed by atoms with Gasteiger partial charge in [0, 0.05) is 11.1 Å². The van der Waals surface area contributed by atoms with E-state index in [1.165, 1.54) is 12.1 Å². The average Bonchev–Trinajstić information content (AvgIpc) is 2.77. The van der Waals surface area contributed by atoms with Gasteiger partial charge in [-0.1, -0.05) is 66.7 Å². The van der Waals surface area contributed by atoms with Gasteiger partial charge >= 0.3 is 29.6 Å². The van der Waals surface area contributed by atoms with Crippen LogP contribution in [0.4, 0.5) is 0 Å². The largest absolute Gasteiger partial charge is 1.00 e. The number of rotatable bonds is 3. The molecule has 5 aromatic rings. The Morgan fingerprint density at radius 2 is 1.10 bits per heavy atom. The van der Waals surface area contributed by atoms with Crippen molar-refractivity contribution in [2.24, 2.45) is 0 Å². The number of aromatic nitrogens is 2. The zero-order valence-electron chi connectivity index (χ0n) is 16.7. The van der Waals surface area contributed by atoms with Crippen LogP contribution in [0, 0.1) is 0 Å². The Hall–Kier alpha value is -2.61. The second kappa shape index (κ2) is 8.49. The predicted octanol–water partition coefficient (Wildman–Crippen LogP) is 2.03. The number of benzene rings is 4. The van der Waals surface area contributed by atoms with Crippen molar-refractivity contribution in [3.05, 3.63) is 91.0 Å². The van der Waals surface area contributed by atoms with Crippen molar-refractivity contribution >= 4 is 31.9 Å². The maximum absolute atomic E-state index is 11.4. The summed E-state index contributed by atoms with van der Waals surface area (Å²) in [6.07, 6.45) is 0. The van der Waals surface area contributed by atoms with Crippen LogP contribution >= 0.6 is 0 Å². The van der Waals surface area contributed by atoms with Gasteiger partial charge in [0.25, 0.3) is 0 Å². The molecule has 0 saturated heterocycles. The quantitative estimate of drug-likeness (QED) is 0.247. The molecule has 0 spiro atoms. The zero-order chi connectivity index (χ0) is 20.7. The smallest absolute Gasteiger partial charge is 0.744 e. The van der Waals surface area contributed by atoms with E-state index in [1.807, 2.05) is 66.7 Å². The molecule has 146 valence electrons. The van der Waals surface area contributed by atoms with E-state index in [4.69, 9.17) is 9.97 Å². The molecule has 7 heteroatoms. The van der Waals surface area contributed by atoms with E-state index in [1.54, 1.807) is 12.1 Å². The maximum Gasteiger partial charge on any atom is 1.00 e. The number of nitrogens with zero attached hydrogens (tertiary/aromatic N) is 2. The minimum atomic E-state index is -4.53. The molecule has 5 rings (SSSR count). The summed E-state index contributed by atoms with van der Waals surface area (Å²) < 4.78 is 34.2. The zero-order valence-corrected chi connectivity index (χ0v) is 19.5. The average molecular weight is 434 g/mol. The second-order valence-corrected chi connectivity index (χ2v) is 8.34. The van der Waals surface area contributed by atoms with Crippen LogP contribution in [0.15, 0.2) is 95.9 Å². The molecule has 0 aliphatic heterocycles. The molecule has 31 heavy (non-hydrogen) atoms. The fraction of sp³-hybridized carbons (Fsp3) is 0. The topological polar surface area (TPSA) is 83.0 Å². The van der Waals surface area contributed by atoms with Gasteiger partial charge in [-0.2, -0.15) is 0 Å². The molecule has 0 unspecified atom stereocenters. The molecule has 4 aromatic carbocycles. The summed E-state index contributed by atoms with van der Waals surface area (Å²) in [7, 11) is -4.53. The Bertz CT molecular complexity index is 1510. The van der Waals surface area contributed by atoms with E-state index >= 15 is 0 Å². The van der Waals surface area contributed by atoms with Crippen molar-refractivity contribution in [1.29, 1.82) is 0 Å². The third-order valence-corrected chi connectivity index (χ3v) is 5.81. The molecule has 0 fully saturated rings. The Labute approximate surface area is 201 Å². The summed E-state index contributed by atoms with van der Waals surface area (Å²) in [5, 5.41) is 1.41. The third kappa shape index (κ3) is 4.26. The molecule has 0 radical (unpaired) electrons. The standard InChI is InChI=1S/C24H16N2O3S.Na/c27-30(28,29)20-12-11-18-14-21-22(15-19(18)13-20)26-24(17-9-5-2-6-10-17)23(25-21)16-7-3-1-4-8-16;/h1-15H,(H,27,28,29);/q;+1/p-1. The molecule has 1 aromatic heterocycles. The van der Waals surface area contributed by atoms with Gasteiger partial charge in [-0.05, 0) is 35.0 Å². The Balaban J connectivity index is 0.00000231. The van der Waals surface area contributed by atoms with Crippen molar-refractivity contribution in [1.82, 2.24) is 9.97 Å². The molecule has 0 aliphatic rings. The van der Waals surface area contributed by atoms with Crippen LogP contribution in [-0.2, 0) is 10.1 Å². The van der Waals surface area contributed by atoms with Gasteiger partial charge < -0.3 is 4.55 Å². The Morgan fingerprint density at radius 3 is 1.58 bits per heavy atom. The summed E-state index contributed by atoms with van der Waals surface area (Å²) in [6, 6.07) is 27.6. The van der Waals surface area contributed by atoms with Crippen LogP contribution in [0.5, 0.6) is 0 Å². The van der Waals surface area contributed by atoms with E-state index in [0.717, 1.165) is 27.9 Å². The summed E-state index contributed by atoms with van der Waals surface area (Å²) >= 11 is 0. The predicted molar refractivity (Wildman–Crippen MR) is 116 cm³/mol. The molecule has 0 amide bonds. The monoisotopic (exact) mass is 434 g/mol. The summed E-state index contributed by atoms with van der Waals surface area (Å²) in [4.78, 5) is 9.52. The molecule has 0 N–H and O–H groups in total. The number of hydrogen-bond donors (Lipinski definition) is 0. The first kappa shape index (κ1) is 21.6. The molecular formula is C24H15N2NaO3S. The molecule has 0 saturated carbocycles. The Kier molecular flexibility index (Phi) is 5.92. The van der Waals surface area contributed by atoms with Crippen molar-refractivity contribution in [2.75, 3.05) is 0 Å². The normalized spacial score (nSPS) is 11.4. The number of hydrogen-bond acceptors (Lipinski definition) is 5. The number of fused-ring (bicyclic) bond motifs is 2. The molecule has 0 aliphatic carbocycles. The van der Waals surface area contributed by atoms with E-state index in [9.17, 15) is 13.0 Å². The second-order valence-electron chi connectivity index (χ2n) is 6.96. The molecular weight excluding hydrogens is 419 g/mol. The Morgan fingerprint density at radius 1 is 0.613 bits per heavy atom. The fourth-order valence-electron chi connectivity index (χ4n) is 3.53. The summed E-state index contributed by atoms with van der Waals surface area (Å²) in [5.41, 5.74) is 4.72. The molecule has 0 atom stereocenters. The maximum atomic E-state index is 11.4. The van der Waals surface area contributed by atoms with Gasteiger partial charge in [-0.25, -0.2) is 18.4 Å². The van der Waals surface area contributed by atoms with Gasteiger partial charge in [0.15, 0.2) is 0 Å². The van der Waals surface area contributed by atoms with E-state index < -0.39 is 10.1 Å². The first-order chi connectivity index (χ1) is 14.5. The van der Waals surface area contributed by atoms with Crippen LogP contribution in [0.1, 0.15) is 0 Å². The molecule has 0 bridgehead atoms. The first-order valence-corrected chi connectivity index (χ1v) is 10.7. The van der Waals surface area contributed by atoms with E-state index in [2.05, 4.69) is 0 Å². The van der Waals surface area contributed by atoms with E-state index in [0.29, 0.717) is 16.4 Å². The van der Waals surface area contributed by atoms with Crippen molar-refractivity contribution < 1.29 is 42.5 Å². The minimum Gasteiger partial charge on any atom is -0.744 e. The van der Waals surface area contributed by atoms with Crippen LogP contribution in [-0.4, -0.2) is 22.9 Å². The van der Waals surface area contributed by atoms with Crippen molar-refractivity contribution in [3.8, 4) is 22.5 Å². The van der Waals surface area contributed by atoms with Crippen LogP contribution < -0.4 is 29.6 Å². The third-order valence-electron chi connectivity index (χ3n) is 4.98. The van der Waals surface area contributed by atoms with Crippen LogP contribution in [0.25, 0.3) is 44.3 Å². The van der Waals surface area contributed by atoms with E-state index in [-0.39, 0.29) is 34.5 Å². The van der Waals surface area contributed by atoms with Gasteiger partial charge in [0.1, 0.15) is 10.1 Å². The molecule has 1 heterocycles. The fourth-order valence-corrected chi connectivity index (χ4v) is 4.03. The molecule has 5 nitrogen and oxygen atoms in total.